The predicted molar refractivity (Wildman–Crippen MR) is 130 cm³/mol. The minimum atomic E-state index is 0.00607. The molecule has 0 bridgehead atoms. The van der Waals surface area contributed by atoms with Gasteiger partial charge in [0.25, 0.3) is 5.91 Å². The molecule has 0 radical (unpaired) electrons. The molecule has 4 aromatic rings. The number of carbonyl (C=O) groups excluding carboxylic acids is 1. The lowest BCUT2D eigenvalue weighted by Gasteiger charge is -2.20. The van der Waals surface area contributed by atoms with Crippen LogP contribution in [0.4, 0.5) is 0 Å². The van der Waals surface area contributed by atoms with Crippen molar-refractivity contribution in [3.05, 3.63) is 66.1 Å². The molecule has 3 aromatic heterocycles. The Morgan fingerprint density at radius 2 is 1.91 bits per heavy atom. The van der Waals surface area contributed by atoms with Crippen LogP contribution in [0.15, 0.2) is 54.9 Å². The van der Waals surface area contributed by atoms with Crippen molar-refractivity contribution in [2.24, 2.45) is 0 Å². The van der Waals surface area contributed by atoms with E-state index in [0.29, 0.717) is 12.1 Å². The normalized spacial score (nSPS) is 13.0. The minimum Gasteiger partial charge on any atom is -0.340 e. The van der Waals surface area contributed by atoms with Crippen molar-refractivity contribution in [1.29, 1.82) is 0 Å². The molecule has 0 saturated heterocycles. The van der Waals surface area contributed by atoms with Crippen LogP contribution >= 0.6 is 0 Å². The quantitative estimate of drug-likeness (QED) is 0.457. The van der Waals surface area contributed by atoms with Gasteiger partial charge in [0, 0.05) is 61.3 Å². The third-order valence-electron chi connectivity index (χ3n) is 6.24. The number of aromatic nitrogens is 4. The van der Waals surface area contributed by atoms with Gasteiger partial charge in [0.05, 0.1) is 11.2 Å². The minimum absolute atomic E-state index is 0.00607. The molecule has 0 unspecified atom stereocenters. The molecule has 0 N–H and O–H groups in total. The van der Waals surface area contributed by atoms with Crippen molar-refractivity contribution in [2.45, 2.75) is 19.4 Å². The fourth-order valence-corrected chi connectivity index (χ4v) is 4.47. The molecule has 1 amide bonds. The van der Waals surface area contributed by atoms with Crippen LogP contribution in [0.1, 0.15) is 22.5 Å². The van der Waals surface area contributed by atoms with Gasteiger partial charge >= 0.3 is 0 Å². The number of rotatable bonds is 6. The third kappa shape index (κ3) is 4.00. The first-order valence-corrected chi connectivity index (χ1v) is 11.3. The molecule has 0 spiro atoms. The average Bonchev–Trinajstić information content (AvgIpc) is 3.43. The van der Waals surface area contributed by atoms with E-state index in [1.165, 1.54) is 5.69 Å². The molecule has 168 valence electrons. The van der Waals surface area contributed by atoms with Crippen molar-refractivity contribution < 1.29 is 4.79 Å². The van der Waals surface area contributed by atoms with Crippen LogP contribution in [0, 0.1) is 0 Å². The number of pyridine rings is 2. The summed E-state index contributed by atoms with van der Waals surface area (Å²) in [5.74, 6) is 0.00607. The first-order valence-electron chi connectivity index (χ1n) is 11.3. The van der Waals surface area contributed by atoms with E-state index in [4.69, 9.17) is 5.10 Å². The molecule has 7 heteroatoms. The maximum Gasteiger partial charge on any atom is 0.253 e. The lowest BCUT2D eigenvalue weighted by atomic mass is 9.96. The number of nitrogens with zero attached hydrogens (tertiary/aromatic N) is 6. The van der Waals surface area contributed by atoms with Gasteiger partial charge in [-0.2, -0.15) is 5.10 Å². The van der Waals surface area contributed by atoms with E-state index >= 15 is 0 Å². The number of amides is 1. The van der Waals surface area contributed by atoms with Crippen LogP contribution in [-0.2, 0) is 13.0 Å². The molecule has 0 saturated carbocycles. The van der Waals surface area contributed by atoms with Crippen LogP contribution in [0.3, 0.4) is 0 Å². The van der Waals surface area contributed by atoms with Gasteiger partial charge in [-0.15, -0.1) is 0 Å². The van der Waals surface area contributed by atoms with Crippen molar-refractivity contribution in [3.63, 3.8) is 0 Å². The number of aryl methyl sites for hydroxylation is 1. The van der Waals surface area contributed by atoms with Gasteiger partial charge in [-0.25, -0.2) is 0 Å². The molecular formula is C26H28N6O. The Morgan fingerprint density at radius 1 is 1.03 bits per heavy atom. The van der Waals surface area contributed by atoms with Gasteiger partial charge < -0.3 is 9.80 Å². The summed E-state index contributed by atoms with van der Waals surface area (Å²) in [5.41, 5.74) is 6.69. The molecule has 4 heterocycles. The predicted octanol–water partition coefficient (Wildman–Crippen LogP) is 3.74. The molecule has 7 nitrogen and oxygen atoms in total. The summed E-state index contributed by atoms with van der Waals surface area (Å²) in [7, 11) is 5.86. The van der Waals surface area contributed by atoms with Gasteiger partial charge in [0.15, 0.2) is 0 Å². The van der Waals surface area contributed by atoms with Gasteiger partial charge in [0.2, 0.25) is 0 Å². The number of likely N-dealkylation sites (N-methyl/N-ethyl adjacent to an activating group) is 2. The second-order valence-corrected chi connectivity index (χ2v) is 8.83. The summed E-state index contributed by atoms with van der Waals surface area (Å²) in [6.45, 7) is 2.42. The van der Waals surface area contributed by atoms with Gasteiger partial charge in [-0.05, 0) is 62.8 Å². The number of carbonyl (C=O) groups is 1. The summed E-state index contributed by atoms with van der Waals surface area (Å²) in [4.78, 5) is 26.0. The highest BCUT2D eigenvalue weighted by Gasteiger charge is 2.25. The number of fused-ring (bicyclic) bond motifs is 2. The lowest BCUT2D eigenvalue weighted by molar-refractivity contribution is 0.0786. The Labute approximate surface area is 193 Å². The lowest BCUT2D eigenvalue weighted by Crippen LogP contribution is -2.33. The van der Waals surface area contributed by atoms with Gasteiger partial charge in [0.1, 0.15) is 5.69 Å². The summed E-state index contributed by atoms with van der Waals surface area (Å²) >= 11 is 0. The highest BCUT2D eigenvalue weighted by atomic mass is 16.2. The van der Waals surface area contributed by atoms with E-state index in [9.17, 15) is 4.79 Å². The molecule has 33 heavy (non-hydrogen) atoms. The summed E-state index contributed by atoms with van der Waals surface area (Å²) < 4.78 is 2.11. The Hall–Kier alpha value is -3.58. The maximum atomic E-state index is 13.0. The number of benzene rings is 1. The van der Waals surface area contributed by atoms with E-state index in [0.717, 1.165) is 59.3 Å². The van der Waals surface area contributed by atoms with Crippen LogP contribution in [0.25, 0.3) is 33.4 Å². The second-order valence-electron chi connectivity index (χ2n) is 8.83. The second kappa shape index (κ2) is 8.75. The highest BCUT2D eigenvalue weighted by molar-refractivity contribution is 6.03. The fourth-order valence-electron chi connectivity index (χ4n) is 4.47. The monoisotopic (exact) mass is 440 g/mol. The molecular weight excluding hydrogens is 412 g/mol. The Kier molecular flexibility index (Phi) is 5.64. The van der Waals surface area contributed by atoms with Gasteiger partial charge in [-0.3, -0.25) is 19.4 Å². The van der Waals surface area contributed by atoms with E-state index in [1.54, 1.807) is 11.1 Å². The molecule has 1 aliphatic rings. The smallest absolute Gasteiger partial charge is 0.253 e. The van der Waals surface area contributed by atoms with E-state index in [-0.39, 0.29) is 5.91 Å². The number of hydrogen-bond donors (Lipinski definition) is 0. The fraction of sp³-hybridized carbons (Fsp3) is 0.308. The summed E-state index contributed by atoms with van der Waals surface area (Å²) in [6, 6.07) is 13.8. The molecule has 0 atom stereocenters. The highest BCUT2D eigenvalue weighted by Crippen LogP contribution is 2.39. The largest absolute Gasteiger partial charge is 0.340 e. The van der Waals surface area contributed by atoms with E-state index in [1.807, 2.05) is 63.7 Å². The van der Waals surface area contributed by atoms with E-state index < -0.39 is 0 Å². The number of hydrogen-bond acceptors (Lipinski definition) is 5. The van der Waals surface area contributed by atoms with Crippen LogP contribution in [0.2, 0.25) is 0 Å². The maximum absolute atomic E-state index is 13.0. The summed E-state index contributed by atoms with van der Waals surface area (Å²) in [5, 5.41) is 5.94. The average molecular weight is 441 g/mol. The van der Waals surface area contributed by atoms with Crippen molar-refractivity contribution in [3.8, 4) is 22.5 Å². The van der Waals surface area contributed by atoms with Crippen LogP contribution in [0.5, 0.6) is 0 Å². The topological polar surface area (TPSA) is 67.2 Å². The first kappa shape index (κ1) is 21.3. The molecule has 0 fully saturated rings. The zero-order chi connectivity index (χ0) is 22.9. The SMILES string of the molecule is CN(C)CCN(C)C(=O)c1ccc2c(-c3c(-c4ccccn4)nn4c3CCC4)ccnc2c1. The Balaban J connectivity index is 1.58. The van der Waals surface area contributed by atoms with Crippen molar-refractivity contribution in [2.75, 3.05) is 34.2 Å². The third-order valence-corrected chi connectivity index (χ3v) is 6.24. The molecule has 0 aliphatic carbocycles. The van der Waals surface area contributed by atoms with Gasteiger partial charge in [-0.1, -0.05) is 12.1 Å². The summed E-state index contributed by atoms with van der Waals surface area (Å²) in [6.07, 6.45) is 5.72. The van der Waals surface area contributed by atoms with Crippen molar-refractivity contribution >= 4 is 16.8 Å². The zero-order valence-electron chi connectivity index (χ0n) is 19.3. The Morgan fingerprint density at radius 3 is 2.70 bits per heavy atom. The van der Waals surface area contributed by atoms with Crippen LogP contribution in [-0.4, -0.2) is 69.7 Å². The molecule has 1 aliphatic heterocycles. The zero-order valence-corrected chi connectivity index (χ0v) is 19.3. The Bertz CT molecular complexity index is 1310. The van der Waals surface area contributed by atoms with Crippen molar-refractivity contribution in [1.82, 2.24) is 29.5 Å². The standard InChI is InChI=1S/C26H28N6O/c1-30(2)15-16-31(3)26(33)18-9-10-19-20(11-13-28-22(19)17-18)24-23-8-6-14-32(23)29-25(24)21-7-4-5-12-27-21/h4-5,7,9-13,17H,6,8,14-16H2,1-3H3. The van der Waals surface area contributed by atoms with E-state index in [2.05, 4.69) is 25.6 Å². The van der Waals surface area contributed by atoms with Crippen LogP contribution < -0.4 is 0 Å². The first-order chi connectivity index (χ1) is 16.0. The molecule has 5 rings (SSSR count). The molecule has 1 aromatic carbocycles.